The van der Waals surface area contributed by atoms with Gasteiger partial charge in [-0.05, 0) is 150 Å². The van der Waals surface area contributed by atoms with Crippen molar-refractivity contribution in [1.82, 2.24) is 19.5 Å². The van der Waals surface area contributed by atoms with Crippen molar-refractivity contribution in [1.29, 1.82) is 0 Å². The molecule has 0 amide bonds. The zero-order valence-corrected chi connectivity index (χ0v) is 31.8. The second-order valence-corrected chi connectivity index (χ2v) is 15.4. The molecule has 0 spiro atoms. The molecule has 0 unspecified atom stereocenters. The number of nitrogens with zero attached hydrogens (tertiary/aromatic N) is 3. The Morgan fingerprint density at radius 2 is 1.25 bits per heavy atom. The van der Waals surface area contributed by atoms with E-state index in [2.05, 4.69) is 45.3 Å². The summed E-state index contributed by atoms with van der Waals surface area (Å²) in [6.45, 7) is 1.44. The first-order valence-electron chi connectivity index (χ1n) is 19.2. The van der Waals surface area contributed by atoms with Crippen LogP contribution >= 0.6 is 0 Å². The third-order valence-electron chi connectivity index (χ3n) is 10.9. The number of H-pyrrole nitrogens is 1. The minimum absolute atomic E-state index is 0.104. The van der Waals surface area contributed by atoms with E-state index in [0.717, 1.165) is 52.9 Å². The number of Topliss-reactive ketones (excluding diaryl/α,β-unsaturated/α-hetero) is 1. The van der Waals surface area contributed by atoms with Gasteiger partial charge in [-0.15, -0.1) is 0 Å². The molecule has 59 heavy (non-hydrogen) atoms. The number of carboxylic acid groups (broad SMARTS) is 1. The summed E-state index contributed by atoms with van der Waals surface area (Å²) in [6, 6.07) is 20.6. The molecule has 13 heteroatoms. The van der Waals surface area contributed by atoms with Crippen LogP contribution < -0.4 is 0 Å². The molecule has 0 saturated heterocycles. The van der Waals surface area contributed by atoms with Crippen LogP contribution in [0.15, 0.2) is 104 Å². The van der Waals surface area contributed by atoms with E-state index in [1.54, 1.807) is 54.2 Å². The molecule has 0 aliphatic heterocycles. The van der Waals surface area contributed by atoms with Crippen molar-refractivity contribution < 1.29 is 41.0 Å². The lowest BCUT2D eigenvalue weighted by Crippen LogP contribution is -2.12. The summed E-state index contributed by atoms with van der Waals surface area (Å²) in [6.07, 6.45) is 2.81. The lowest BCUT2D eigenvalue weighted by molar-refractivity contribution is -0.143. The average molecular weight is 809 g/mol. The minimum Gasteiger partial charge on any atom is -0.478 e. The first kappa shape index (κ1) is 39.6. The fourth-order valence-electron chi connectivity index (χ4n) is 7.47. The highest BCUT2D eigenvalue weighted by molar-refractivity contribution is 5.95. The van der Waals surface area contributed by atoms with Crippen molar-refractivity contribution in [3.63, 3.8) is 0 Å². The Bertz CT molecular complexity index is 2690. The number of hydrogen-bond acceptors (Lipinski definition) is 4. The summed E-state index contributed by atoms with van der Waals surface area (Å²) in [4.78, 5) is 35.9. The van der Waals surface area contributed by atoms with E-state index in [-0.39, 0.29) is 35.9 Å². The molecule has 4 heterocycles. The second kappa shape index (κ2) is 15.5. The smallest absolute Gasteiger partial charge is 0.416 e. The minimum atomic E-state index is -4.91. The molecule has 2 aliphatic carbocycles. The Balaban J connectivity index is 0.000000186. The van der Waals surface area contributed by atoms with Gasteiger partial charge < -0.3 is 14.7 Å². The normalized spacial score (nSPS) is 14.4. The number of aromatic carboxylic acids is 1. The number of carbonyl (C=O) groups excluding carboxylic acids is 1. The van der Waals surface area contributed by atoms with Crippen molar-refractivity contribution in [2.45, 2.75) is 76.2 Å². The van der Waals surface area contributed by atoms with E-state index < -0.39 is 29.4 Å². The number of ketones is 1. The van der Waals surface area contributed by atoms with Crippen LogP contribution in [0.2, 0.25) is 0 Å². The maximum Gasteiger partial charge on any atom is 0.416 e. The lowest BCUT2D eigenvalue weighted by Gasteiger charge is -2.15. The van der Waals surface area contributed by atoms with Crippen molar-refractivity contribution in [2.75, 3.05) is 0 Å². The molecule has 0 bridgehead atoms. The zero-order chi connectivity index (χ0) is 41.6. The van der Waals surface area contributed by atoms with E-state index in [1.807, 2.05) is 12.4 Å². The molecule has 2 aliphatic rings. The highest BCUT2D eigenvalue weighted by atomic mass is 19.4. The summed E-state index contributed by atoms with van der Waals surface area (Å²) >= 11 is 0. The molecule has 7 aromatic rings. The number of halogens is 6. The maximum atomic E-state index is 13.2. The van der Waals surface area contributed by atoms with Crippen LogP contribution in [0.4, 0.5) is 26.3 Å². The second-order valence-electron chi connectivity index (χ2n) is 15.4. The SMILES string of the molecule is CC(=O)c1cc(C2CC2)cnc1Cc1ccc2[nH]ccc2c1.O=C(O)c1cc(C2CC2)cnc1Cc1ccc2c(ccn2Cc2cc(C(F)(F)F)cc(C(F)(F)F)c2)c1. The Labute approximate surface area is 334 Å². The number of pyridine rings is 2. The third kappa shape index (κ3) is 9.09. The Morgan fingerprint density at radius 3 is 1.81 bits per heavy atom. The van der Waals surface area contributed by atoms with Gasteiger partial charge in [0, 0.05) is 60.8 Å². The first-order chi connectivity index (χ1) is 28.1. The molecule has 9 rings (SSSR count). The van der Waals surface area contributed by atoms with Gasteiger partial charge in [0.05, 0.1) is 28.1 Å². The lowest BCUT2D eigenvalue weighted by atomic mass is 9.99. The number of nitrogens with one attached hydrogen (secondary N) is 1. The fraction of sp³-hybridized carbons (Fsp3) is 0.261. The van der Waals surface area contributed by atoms with Crippen LogP contribution in [0, 0.1) is 0 Å². The number of fused-ring (bicyclic) bond motifs is 2. The molecule has 302 valence electrons. The monoisotopic (exact) mass is 808 g/mol. The van der Waals surface area contributed by atoms with Crippen molar-refractivity contribution in [3.05, 3.63) is 165 Å². The van der Waals surface area contributed by atoms with Crippen molar-refractivity contribution in [2.24, 2.45) is 0 Å². The Kier molecular flexibility index (Phi) is 10.4. The molecule has 2 N–H and O–H groups in total. The molecule has 3 aromatic carbocycles. The predicted octanol–water partition coefficient (Wildman–Crippen LogP) is 11.5. The van der Waals surface area contributed by atoms with Gasteiger partial charge in [0.2, 0.25) is 0 Å². The topological polar surface area (TPSA) is 101 Å². The number of carbonyl (C=O) groups is 2. The van der Waals surface area contributed by atoms with Gasteiger partial charge in [-0.1, -0.05) is 12.1 Å². The molecule has 2 saturated carbocycles. The molecular weight excluding hydrogens is 771 g/mol. The van der Waals surface area contributed by atoms with Gasteiger partial charge in [0.15, 0.2) is 5.78 Å². The Hall–Kier alpha value is -6.24. The quantitative estimate of drug-likeness (QED) is 0.106. The van der Waals surface area contributed by atoms with Crippen LogP contribution in [0.1, 0.15) is 115 Å². The van der Waals surface area contributed by atoms with Gasteiger partial charge in [0.25, 0.3) is 0 Å². The van der Waals surface area contributed by atoms with Crippen LogP contribution in [-0.2, 0) is 31.7 Å². The average Bonchev–Trinajstić information content (AvgIpc) is 4.13. The number of benzene rings is 3. The standard InChI is InChI=1S/C27H20F6N2O2.C19H18N2O/c28-26(29,30)20-8-16(9-21(12-20)27(31,32)33)14-35-6-5-18-7-15(1-4-24(18)35)10-23-22(25(36)37)11-19(13-34-23)17-2-3-17;1-12(22)17-10-16(14-3-4-14)11-21-19(17)9-13-2-5-18-15(8-13)6-7-20-18/h1,4-9,11-13,17H,2-3,10,14H2,(H,36,37);2,5-8,10-11,14,20H,3-4,9H2,1H3. The van der Waals surface area contributed by atoms with Gasteiger partial charge in [0.1, 0.15) is 0 Å². The number of alkyl halides is 6. The highest BCUT2D eigenvalue weighted by Gasteiger charge is 2.37. The summed E-state index contributed by atoms with van der Waals surface area (Å²) < 4.78 is 80.9. The van der Waals surface area contributed by atoms with E-state index in [9.17, 15) is 41.0 Å². The zero-order valence-electron chi connectivity index (χ0n) is 31.8. The van der Waals surface area contributed by atoms with Crippen LogP contribution in [-0.4, -0.2) is 36.4 Å². The van der Waals surface area contributed by atoms with Crippen molar-refractivity contribution >= 4 is 33.6 Å². The van der Waals surface area contributed by atoms with E-state index >= 15 is 0 Å². The fourth-order valence-corrected chi connectivity index (χ4v) is 7.47. The molecular formula is C46H38F6N4O3. The largest absolute Gasteiger partial charge is 0.478 e. The number of rotatable bonds is 10. The van der Waals surface area contributed by atoms with Crippen molar-refractivity contribution in [3.8, 4) is 0 Å². The highest BCUT2D eigenvalue weighted by Crippen LogP contribution is 2.41. The summed E-state index contributed by atoms with van der Waals surface area (Å²) in [5, 5.41) is 11.5. The summed E-state index contributed by atoms with van der Waals surface area (Å²) in [5.41, 5.74) is 5.21. The molecule has 0 atom stereocenters. The maximum absolute atomic E-state index is 13.2. The summed E-state index contributed by atoms with van der Waals surface area (Å²) in [5.74, 6) is 0.0277. The number of aromatic nitrogens is 4. The van der Waals surface area contributed by atoms with E-state index in [4.69, 9.17) is 0 Å². The van der Waals surface area contributed by atoms with Gasteiger partial charge in [-0.3, -0.25) is 14.8 Å². The van der Waals surface area contributed by atoms with Gasteiger partial charge in [-0.25, -0.2) is 4.79 Å². The molecule has 0 radical (unpaired) electrons. The third-order valence-corrected chi connectivity index (χ3v) is 10.9. The number of hydrogen-bond donors (Lipinski definition) is 2. The van der Waals surface area contributed by atoms with Crippen LogP contribution in [0.25, 0.3) is 21.8 Å². The van der Waals surface area contributed by atoms with Gasteiger partial charge >= 0.3 is 18.3 Å². The molecule has 2 fully saturated rings. The van der Waals surface area contributed by atoms with E-state index in [1.165, 1.54) is 29.4 Å². The molecule has 4 aromatic heterocycles. The predicted molar refractivity (Wildman–Crippen MR) is 211 cm³/mol. The van der Waals surface area contributed by atoms with E-state index in [0.29, 0.717) is 34.9 Å². The number of aromatic amines is 1. The van der Waals surface area contributed by atoms with Crippen LogP contribution in [0.5, 0.6) is 0 Å². The summed E-state index contributed by atoms with van der Waals surface area (Å²) in [7, 11) is 0. The van der Waals surface area contributed by atoms with Gasteiger partial charge in [-0.2, -0.15) is 26.3 Å². The molecule has 7 nitrogen and oxygen atoms in total. The number of carboxylic acids is 1. The Morgan fingerprint density at radius 1 is 0.695 bits per heavy atom. The van der Waals surface area contributed by atoms with Crippen LogP contribution in [0.3, 0.4) is 0 Å². The first-order valence-corrected chi connectivity index (χ1v) is 19.2.